The largest absolute Gasteiger partial charge is 0.324 e. The highest BCUT2D eigenvalue weighted by atomic mass is 79.9. The molecule has 2 heterocycles. The zero-order valence-electron chi connectivity index (χ0n) is 15.6. The van der Waals surface area contributed by atoms with Crippen LogP contribution in [0.3, 0.4) is 0 Å². The molecule has 2 aromatic carbocycles. The SMILES string of the molecule is C[C@@H]1CC(=O)Nc2ccccc2N1C(=O)CSc1n[nH]c(-c2ccccc2Br)n1. The molecule has 0 radical (unpaired) electrons. The maximum atomic E-state index is 13.0. The molecule has 4 rings (SSSR count). The number of rotatable bonds is 4. The average Bonchev–Trinajstić information content (AvgIpc) is 3.12. The number of H-pyrrole nitrogens is 1. The number of para-hydroxylation sites is 2. The van der Waals surface area contributed by atoms with E-state index >= 15 is 0 Å². The van der Waals surface area contributed by atoms with E-state index in [0.29, 0.717) is 22.4 Å². The zero-order chi connectivity index (χ0) is 20.4. The van der Waals surface area contributed by atoms with Gasteiger partial charge in [-0.05, 0) is 25.1 Å². The van der Waals surface area contributed by atoms with Gasteiger partial charge in [0.15, 0.2) is 5.82 Å². The van der Waals surface area contributed by atoms with Gasteiger partial charge < -0.3 is 10.2 Å². The monoisotopic (exact) mass is 471 g/mol. The number of nitrogens with zero attached hydrogens (tertiary/aromatic N) is 3. The van der Waals surface area contributed by atoms with Crippen LogP contribution in [-0.4, -0.2) is 38.8 Å². The highest BCUT2D eigenvalue weighted by molar-refractivity contribution is 9.10. The molecule has 0 fully saturated rings. The van der Waals surface area contributed by atoms with Gasteiger partial charge in [-0.25, -0.2) is 4.98 Å². The number of hydrogen-bond donors (Lipinski definition) is 2. The number of carbonyl (C=O) groups is 2. The molecule has 0 aliphatic carbocycles. The van der Waals surface area contributed by atoms with E-state index in [0.717, 1.165) is 10.0 Å². The van der Waals surface area contributed by atoms with Gasteiger partial charge in [-0.2, -0.15) is 0 Å². The van der Waals surface area contributed by atoms with Gasteiger partial charge in [-0.15, -0.1) is 5.10 Å². The Bertz CT molecular complexity index is 1070. The molecule has 7 nitrogen and oxygen atoms in total. The lowest BCUT2D eigenvalue weighted by Gasteiger charge is -2.27. The van der Waals surface area contributed by atoms with Crippen LogP contribution in [0.2, 0.25) is 0 Å². The second-order valence-corrected chi connectivity index (χ2v) is 8.41. The van der Waals surface area contributed by atoms with Crippen LogP contribution >= 0.6 is 27.7 Å². The van der Waals surface area contributed by atoms with Crippen molar-refractivity contribution < 1.29 is 9.59 Å². The van der Waals surface area contributed by atoms with Gasteiger partial charge in [0.1, 0.15) is 0 Å². The van der Waals surface area contributed by atoms with Gasteiger partial charge >= 0.3 is 0 Å². The second-order valence-electron chi connectivity index (χ2n) is 6.62. The van der Waals surface area contributed by atoms with Crippen LogP contribution in [0.25, 0.3) is 11.4 Å². The number of aromatic amines is 1. The lowest BCUT2D eigenvalue weighted by atomic mass is 10.2. The van der Waals surface area contributed by atoms with E-state index in [1.807, 2.05) is 49.4 Å². The molecule has 148 valence electrons. The van der Waals surface area contributed by atoms with E-state index in [2.05, 4.69) is 36.4 Å². The summed E-state index contributed by atoms with van der Waals surface area (Å²) < 4.78 is 0.913. The van der Waals surface area contributed by atoms with E-state index in [9.17, 15) is 9.59 Å². The minimum Gasteiger partial charge on any atom is -0.324 e. The van der Waals surface area contributed by atoms with Crippen LogP contribution < -0.4 is 10.2 Å². The quantitative estimate of drug-likeness (QED) is 0.559. The fourth-order valence-corrected chi connectivity index (χ4v) is 4.38. The van der Waals surface area contributed by atoms with Gasteiger partial charge in [0.05, 0.1) is 17.1 Å². The van der Waals surface area contributed by atoms with Crippen molar-refractivity contribution in [3.05, 3.63) is 53.0 Å². The number of halogens is 1. The summed E-state index contributed by atoms with van der Waals surface area (Å²) in [5.41, 5.74) is 2.26. The number of aromatic nitrogens is 3. The molecule has 1 aromatic heterocycles. The highest BCUT2D eigenvalue weighted by Gasteiger charge is 2.29. The van der Waals surface area contributed by atoms with E-state index in [1.165, 1.54) is 11.8 Å². The summed E-state index contributed by atoms with van der Waals surface area (Å²) in [7, 11) is 0. The number of carbonyl (C=O) groups excluding carboxylic acids is 2. The number of benzene rings is 2. The summed E-state index contributed by atoms with van der Waals surface area (Å²) in [4.78, 5) is 31.3. The number of amides is 2. The molecule has 1 aliphatic rings. The third-order valence-electron chi connectivity index (χ3n) is 4.55. The molecule has 0 unspecified atom stereocenters. The third-order valence-corrected chi connectivity index (χ3v) is 6.07. The Balaban J connectivity index is 1.50. The van der Waals surface area contributed by atoms with E-state index in [1.54, 1.807) is 11.0 Å². The number of hydrogen-bond acceptors (Lipinski definition) is 5. The molecule has 2 N–H and O–H groups in total. The van der Waals surface area contributed by atoms with Crippen LogP contribution in [-0.2, 0) is 9.59 Å². The first-order chi connectivity index (χ1) is 14.0. The Morgan fingerprint density at radius 2 is 2.00 bits per heavy atom. The second kappa shape index (κ2) is 8.38. The molecule has 9 heteroatoms. The van der Waals surface area contributed by atoms with Crippen molar-refractivity contribution >= 4 is 50.9 Å². The van der Waals surface area contributed by atoms with Crippen molar-refractivity contribution in [2.24, 2.45) is 0 Å². The van der Waals surface area contributed by atoms with Gasteiger partial charge in [0, 0.05) is 22.5 Å². The standard InChI is InChI=1S/C20H18BrN5O2S/c1-12-10-17(27)22-15-8-4-5-9-16(15)26(12)18(28)11-29-20-23-19(24-25-20)13-6-2-3-7-14(13)21/h2-9,12H,10-11H2,1H3,(H,22,27)(H,23,24,25)/t12-/m1/s1. The van der Waals surface area contributed by atoms with Crippen molar-refractivity contribution in [1.29, 1.82) is 0 Å². The van der Waals surface area contributed by atoms with E-state index < -0.39 is 0 Å². The smallest absolute Gasteiger partial charge is 0.237 e. The first-order valence-electron chi connectivity index (χ1n) is 9.04. The Hall–Kier alpha value is -2.65. The predicted molar refractivity (Wildman–Crippen MR) is 117 cm³/mol. The van der Waals surface area contributed by atoms with Crippen LogP contribution in [0.15, 0.2) is 58.2 Å². The van der Waals surface area contributed by atoms with Crippen molar-refractivity contribution in [3.63, 3.8) is 0 Å². The maximum absolute atomic E-state index is 13.0. The molecule has 3 aromatic rings. The average molecular weight is 472 g/mol. The molecular formula is C20H18BrN5O2S. The summed E-state index contributed by atoms with van der Waals surface area (Å²) in [6.07, 6.45) is 0.248. The van der Waals surface area contributed by atoms with Gasteiger partial charge in [0.25, 0.3) is 0 Å². The lowest BCUT2D eigenvalue weighted by Crippen LogP contribution is -2.40. The third kappa shape index (κ3) is 4.20. The van der Waals surface area contributed by atoms with Crippen LogP contribution in [0.4, 0.5) is 11.4 Å². The molecule has 1 aliphatic heterocycles. The summed E-state index contributed by atoms with van der Waals surface area (Å²) in [5, 5.41) is 10.5. The van der Waals surface area contributed by atoms with Gasteiger partial charge in [-0.3, -0.25) is 14.7 Å². The number of nitrogens with one attached hydrogen (secondary N) is 2. The van der Waals surface area contributed by atoms with Gasteiger partial charge in [0.2, 0.25) is 17.0 Å². The van der Waals surface area contributed by atoms with Crippen molar-refractivity contribution in [3.8, 4) is 11.4 Å². The summed E-state index contributed by atoms with van der Waals surface area (Å²) in [6, 6.07) is 14.8. The Kier molecular flexibility index (Phi) is 5.68. The molecule has 29 heavy (non-hydrogen) atoms. The fraction of sp³-hybridized carbons (Fsp3) is 0.200. The maximum Gasteiger partial charge on any atom is 0.237 e. The van der Waals surface area contributed by atoms with E-state index in [4.69, 9.17) is 0 Å². The summed E-state index contributed by atoms with van der Waals surface area (Å²) in [6.45, 7) is 1.88. The molecule has 0 spiro atoms. The van der Waals surface area contributed by atoms with Crippen molar-refractivity contribution in [2.45, 2.75) is 24.5 Å². The summed E-state index contributed by atoms with van der Waals surface area (Å²) in [5.74, 6) is 0.606. The molecular weight excluding hydrogens is 454 g/mol. The minimum absolute atomic E-state index is 0.0973. The number of thioether (sulfide) groups is 1. The molecule has 0 saturated heterocycles. The molecule has 0 saturated carbocycles. The lowest BCUT2D eigenvalue weighted by molar-refractivity contribution is -0.117. The Morgan fingerprint density at radius 1 is 1.24 bits per heavy atom. The van der Waals surface area contributed by atoms with Crippen LogP contribution in [0, 0.1) is 0 Å². The molecule has 2 amide bonds. The minimum atomic E-state index is -0.241. The highest BCUT2D eigenvalue weighted by Crippen LogP contribution is 2.32. The number of anilines is 2. The summed E-state index contributed by atoms with van der Waals surface area (Å²) >= 11 is 4.76. The Morgan fingerprint density at radius 3 is 2.83 bits per heavy atom. The molecule has 1 atom stereocenters. The van der Waals surface area contributed by atoms with E-state index in [-0.39, 0.29) is 30.0 Å². The van der Waals surface area contributed by atoms with Crippen molar-refractivity contribution in [1.82, 2.24) is 15.2 Å². The topological polar surface area (TPSA) is 91.0 Å². The Labute approximate surface area is 180 Å². The number of fused-ring (bicyclic) bond motifs is 1. The fourth-order valence-electron chi connectivity index (χ4n) is 3.25. The normalized spacial score (nSPS) is 16.1. The van der Waals surface area contributed by atoms with Crippen LogP contribution in [0.1, 0.15) is 13.3 Å². The molecule has 0 bridgehead atoms. The predicted octanol–water partition coefficient (Wildman–Crippen LogP) is 4.09. The first kappa shape index (κ1) is 19.7. The zero-order valence-corrected chi connectivity index (χ0v) is 18.0. The van der Waals surface area contributed by atoms with Gasteiger partial charge in [-0.1, -0.05) is 58.0 Å². The first-order valence-corrected chi connectivity index (χ1v) is 10.8. The van der Waals surface area contributed by atoms with Crippen molar-refractivity contribution in [2.75, 3.05) is 16.0 Å². The van der Waals surface area contributed by atoms with Crippen LogP contribution in [0.5, 0.6) is 0 Å².